The standard InChI is InChI=1S/C16H24N2O2/c1-10(2)8-11(3)17-16(20)18-15-13-7-5-4-6-12(13)9-14(15)19/h4-7,10-11,14-15,19H,8-9H2,1-3H3,(H2,17,18,20)/t11?,14-,15+/m1/s1. The van der Waals surface area contributed by atoms with E-state index in [2.05, 4.69) is 24.5 Å². The van der Waals surface area contributed by atoms with Crippen LogP contribution < -0.4 is 10.6 Å². The fourth-order valence-electron chi connectivity index (χ4n) is 2.92. The normalized spacial score (nSPS) is 22.4. The van der Waals surface area contributed by atoms with E-state index in [0.717, 1.165) is 17.5 Å². The molecule has 4 nitrogen and oxygen atoms in total. The highest BCUT2D eigenvalue weighted by atomic mass is 16.3. The third-order valence-electron chi connectivity index (χ3n) is 3.69. The van der Waals surface area contributed by atoms with E-state index in [-0.39, 0.29) is 18.1 Å². The molecule has 0 aromatic heterocycles. The third kappa shape index (κ3) is 3.51. The summed E-state index contributed by atoms with van der Waals surface area (Å²) in [6.45, 7) is 6.26. The second-order valence-electron chi connectivity index (χ2n) is 6.10. The molecule has 4 heteroatoms. The number of amides is 2. The van der Waals surface area contributed by atoms with Gasteiger partial charge in [0.15, 0.2) is 0 Å². The SMILES string of the molecule is CC(C)CC(C)NC(=O)N[C@H]1c2ccccc2C[C@H]1O. The summed E-state index contributed by atoms with van der Waals surface area (Å²) in [5.41, 5.74) is 2.13. The molecule has 0 heterocycles. The van der Waals surface area contributed by atoms with Crippen molar-refractivity contribution in [2.45, 2.75) is 51.8 Å². The Bertz CT molecular complexity index is 473. The van der Waals surface area contributed by atoms with Gasteiger partial charge >= 0.3 is 6.03 Å². The molecule has 0 radical (unpaired) electrons. The van der Waals surface area contributed by atoms with Crippen LogP contribution in [-0.2, 0) is 6.42 Å². The van der Waals surface area contributed by atoms with Crippen molar-refractivity contribution in [3.8, 4) is 0 Å². The molecule has 1 aromatic carbocycles. The minimum atomic E-state index is -0.543. The Balaban J connectivity index is 1.95. The highest BCUT2D eigenvalue weighted by Gasteiger charge is 2.31. The van der Waals surface area contributed by atoms with Gasteiger partial charge in [-0.15, -0.1) is 0 Å². The molecule has 0 saturated carbocycles. The molecule has 0 spiro atoms. The monoisotopic (exact) mass is 276 g/mol. The van der Waals surface area contributed by atoms with Crippen LogP contribution in [0.4, 0.5) is 4.79 Å². The van der Waals surface area contributed by atoms with E-state index in [9.17, 15) is 9.90 Å². The van der Waals surface area contributed by atoms with Gasteiger partial charge in [-0.2, -0.15) is 0 Å². The minimum Gasteiger partial charge on any atom is -0.390 e. The zero-order valence-corrected chi connectivity index (χ0v) is 12.4. The number of urea groups is 1. The van der Waals surface area contributed by atoms with Crippen molar-refractivity contribution in [1.82, 2.24) is 10.6 Å². The third-order valence-corrected chi connectivity index (χ3v) is 3.69. The second kappa shape index (κ2) is 6.27. The summed E-state index contributed by atoms with van der Waals surface area (Å²) in [4.78, 5) is 12.0. The molecule has 2 rings (SSSR count). The van der Waals surface area contributed by atoms with Crippen molar-refractivity contribution in [3.63, 3.8) is 0 Å². The molecular weight excluding hydrogens is 252 g/mol. The predicted molar refractivity (Wildman–Crippen MR) is 79.5 cm³/mol. The molecule has 0 fully saturated rings. The van der Waals surface area contributed by atoms with Crippen LogP contribution in [0.1, 0.15) is 44.4 Å². The number of benzene rings is 1. The van der Waals surface area contributed by atoms with E-state index in [1.54, 1.807) is 0 Å². The summed E-state index contributed by atoms with van der Waals surface area (Å²) in [6, 6.07) is 7.47. The fraction of sp³-hybridized carbons (Fsp3) is 0.562. The van der Waals surface area contributed by atoms with Gasteiger partial charge in [-0.05, 0) is 30.4 Å². The maximum Gasteiger partial charge on any atom is 0.315 e. The maximum atomic E-state index is 12.0. The van der Waals surface area contributed by atoms with Crippen LogP contribution in [0, 0.1) is 5.92 Å². The van der Waals surface area contributed by atoms with E-state index in [1.807, 2.05) is 31.2 Å². The van der Waals surface area contributed by atoms with Gasteiger partial charge in [0.2, 0.25) is 0 Å². The van der Waals surface area contributed by atoms with Gasteiger partial charge in [-0.25, -0.2) is 4.79 Å². The zero-order valence-electron chi connectivity index (χ0n) is 12.4. The number of carbonyl (C=O) groups excluding carboxylic acids is 1. The van der Waals surface area contributed by atoms with Gasteiger partial charge in [0.1, 0.15) is 0 Å². The molecule has 1 aliphatic carbocycles. The van der Waals surface area contributed by atoms with Gasteiger partial charge in [0, 0.05) is 12.5 Å². The first kappa shape index (κ1) is 14.9. The molecule has 1 unspecified atom stereocenters. The van der Waals surface area contributed by atoms with Gasteiger partial charge in [-0.3, -0.25) is 0 Å². The van der Waals surface area contributed by atoms with Crippen molar-refractivity contribution >= 4 is 6.03 Å². The largest absolute Gasteiger partial charge is 0.390 e. The van der Waals surface area contributed by atoms with Crippen LogP contribution in [0.5, 0.6) is 0 Å². The summed E-state index contributed by atoms with van der Waals surface area (Å²) < 4.78 is 0. The van der Waals surface area contributed by atoms with Crippen LogP contribution in [0.25, 0.3) is 0 Å². The maximum absolute atomic E-state index is 12.0. The molecule has 1 aliphatic rings. The summed E-state index contributed by atoms with van der Waals surface area (Å²) in [5, 5.41) is 15.9. The Hall–Kier alpha value is -1.55. The van der Waals surface area contributed by atoms with E-state index in [0.29, 0.717) is 12.3 Å². The van der Waals surface area contributed by atoms with Crippen LogP contribution in [0.3, 0.4) is 0 Å². The Morgan fingerprint density at radius 2 is 2.05 bits per heavy atom. The van der Waals surface area contributed by atoms with Gasteiger partial charge < -0.3 is 15.7 Å². The highest BCUT2D eigenvalue weighted by molar-refractivity contribution is 5.75. The Labute approximate surface area is 120 Å². The Kier molecular flexibility index (Phi) is 4.65. The van der Waals surface area contributed by atoms with Gasteiger partial charge in [0.05, 0.1) is 12.1 Å². The van der Waals surface area contributed by atoms with Crippen molar-refractivity contribution in [3.05, 3.63) is 35.4 Å². The average molecular weight is 276 g/mol. The van der Waals surface area contributed by atoms with Gasteiger partial charge in [0.25, 0.3) is 0 Å². The zero-order chi connectivity index (χ0) is 14.7. The van der Waals surface area contributed by atoms with Crippen LogP contribution in [0.15, 0.2) is 24.3 Å². The van der Waals surface area contributed by atoms with Crippen molar-refractivity contribution in [2.75, 3.05) is 0 Å². The van der Waals surface area contributed by atoms with E-state index in [1.165, 1.54) is 0 Å². The predicted octanol–water partition coefficient (Wildman–Crippen LogP) is 2.38. The van der Waals surface area contributed by atoms with E-state index < -0.39 is 6.10 Å². The summed E-state index contributed by atoms with van der Waals surface area (Å²) in [7, 11) is 0. The molecule has 3 N–H and O–H groups in total. The van der Waals surface area contributed by atoms with E-state index >= 15 is 0 Å². The van der Waals surface area contributed by atoms with E-state index in [4.69, 9.17) is 0 Å². The van der Waals surface area contributed by atoms with Crippen molar-refractivity contribution < 1.29 is 9.90 Å². The molecule has 0 saturated heterocycles. The molecular formula is C16H24N2O2. The molecule has 2 amide bonds. The molecule has 0 bridgehead atoms. The van der Waals surface area contributed by atoms with Crippen molar-refractivity contribution in [2.24, 2.45) is 5.92 Å². The van der Waals surface area contributed by atoms with Gasteiger partial charge in [-0.1, -0.05) is 38.1 Å². The summed E-state index contributed by atoms with van der Waals surface area (Å²) >= 11 is 0. The molecule has 20 heavy (non-hydrogen) atoms. The van der Waals surface area contributed by atoms with Crippen LogP contribution >= 0.6 is 0 Å². The first-order valence-electron chi connectivity index (χ1n) is 7.30. The second-order valence-corrected chi connectivity index (χ2v) is 6.10. The number of fused-ring (bicyclic) bond motifs is 1. The number of aliphatic hydroxyl groups excluding tert-OH is 1. The lowest BCUT2D eigenvalue weighted by Crippen LogP contribution is -2.44. The van der Waals surface area contributed by atoms with Crippen molar-refractivity contribution in [1.29, 1.82) is 0 Å². The summed E-state index contributed by atoms with van der Waals surface area (Å²) in [6.07, 6.45) is 0.999. The number of carbonyl (C=O) groups is 1. The lowest BCUT2D eigenvalue weighted by Gasteiger charge is -2.21. The number of nitrogens with one attached hydrogen (secondary N) is 2. The molecule has 110 valence electrons. The molecule has 3 atom stereocenters. The number of hydrogen-bond donors (Lipinski definition) is 3. The lowest BCUT2D eigenvalue weighted by atomic mass is 10.1. The average Bonchev–Trinajstić information content (AvgIpc) is 2.65. The first-order chi connectivity index (χ1) is 9.47. The topological polar surface area (TPSA) is 61.4 Å². The highest BCUT2D eigenvalue weighted by Crippen LogP contribution is 2.31. The number of aliphatic hydroxyl groups is 1. The summed E-state index contributed by atoms with van der Waals surface area (Å²) in [5.74, 6) is 0.545. The lowest BCUT2D eigenvalue weighted by molar-refractivity contribution is 0.141. The smallest absolute Gasteiger partial charge is 0.315 e. The van der Waals surface area contributed by atoms with Crippen LogP contribution in [-0.4, -0.2) is 23.3 Å². The first-order valence-corrected chi connectivity index (χ1v) is 7.30. The molecule has 1 aromatic rings. The fourth-order valence-corrected chi connectivity index (χ4v) is 2.92. The number of rotatable bonds is 4. The number of hydrogen-bond acceptors (Lipinski definition) is 2. The van der Waals surface area contributed by atoms with Crippen LogP contribution in [0.2, 0.25) is 0 Å². The minimum absolute atomic E-state index is 0.129. The molecule has 0 aliphatic heterocycles. The Morgan fingerprint density at radius 3 is 2.75 bits per heavy atom. The Morgan fingerprint density at radius 1 is 1.35 bits per heavy atom. The quantitative estimate of drug-likeness (QED) is 0.790.